The lowest BCUT2D eigenvalue weighted by Crippen LogP contribution is -2.16. The maximum atomic E-state index is 11.9. The Morgan fingerprint density at radius 3 is 2.48 bits per heavy atom. The van der Waals surface area contributed by atoms with Gasteiger partial charge in [0.2, 0.25) is 5.95 Å². The Labute approximate surface area is 193 Å². The van der Waals surface area contributed by atoms with E-state index in [1.807, 2.05) is 85.6 Å². The minimum Gasteiger partial charge on any atom is -0.480 e. The van der Waals surface area contributed by atoms with E-state index in [1.165, 1.54) is 0 Å². The molecule has 0 saturated carbocycles. The van der Waals surface area contributed by atoms with E-state index in [0.717, 1.165) is 22.3 Å². The third kappa shape index (κ3) is 5.03. The van der Waals surface area contributed by atoms with Crippen LogP contribution in [0, 0.1) is 6.92 Å². The zero-order valence-corrected chi connectivity index (χ0v) is 18.9. The number of anilines is 4. The number of aryl methyl sites for hydroxylation is 1. The van der Waals surface area contributed by atoms with Gasteiger partial charge in [-0.25, -0.2) is 9.78 Å². The molecule has 7 heteroatoms. The van der Waals surface area contributed by atoms with E-state index in [0.29, 0.717) is 29.6 Å². The zero-order chi connectivity index (χ0) is 23.2. The van der Waals surface area contributed by atoms with Gasteiger partial charge in [0.25, 0.3) is 0 Å². The molecule has 0 aliphatic rings. The van der Waals surface area contributed by atoms with Crippen LogP contribution < -0.4 is 15.0 Å². The molecule has 0 amide bonds. The van der Waals surface area contributed by atoms with Gasteiger partial charge in [0.1, 0.15) is 17.1 Å². The largest absolute Gasteiger partial charge is 0.480 e. The lowest BCUT2D eigenvalue weighted by molar-refractivity contribution is -0.145. The third-order valence-electron chi connectivity index (χ3n) is 5.17. The molecule has 0 bridgehead atoms. The van der Waals surface area contributed by atoms with Gasteiger partial charge in [0.05, 0.1) is 6.61 Å². The summed E-state index contributed by atoms with van der Waals surface area (Å²) in [4.78, 5) is 23.4. The van der Waals surface area contributed by atoms with E-state index in [2.05, 4.69) is 5.32 Å². The van der Waals surface area contributed by atoms with Crippen LogP contribution in [0.1, 0.15) is 12.5 Å². The summed E-state index contributed by atoms with van der Waals surface area (Å²) in [5, 5.41) is 4.13. The topological polar surface area (TPSA) is 76.6 Å². The minimum absolute atomic E-state index is 0.193. The highest BCUT2D eigenvalue weighted by Crippen LogP contribution is 2.34. The van der Waals surface area contributed by atoms with Gasteiger partial charge < -0.3 is 19.7 Å². The smallest absolute Gasteiger partial charge is 0.344 e. The van der Waals surface area contributed by atoms with Crippen molar-refractivity contribution in [3.05, 3.63) is 78.4 Å². The number of fused-ring (bicyclic) bond motifs is 1. The lowest BCUT2D eigenvalue weighted by Gasteiger charge is -2.22. The van der Waals surface area contributed by atoms with Gasteiger partial charge in [-0.3, -0.25) is 0 Å². The van der Waals surface area contributed by atoms with Crippen molar-refractivity contribution in [2.45, 2.75) is 13.8 Å². The summed E-state index contributed by atoms with van der Waals surface area (Å²) in [6.07, 6.45) is 0. The summed E-state index contributed by atoms with van der Waals surface area (Å²) in [6, 6.07) is 23.5. The Hall–Kier alpha value is -4.13. The van der Waals surface area contributed by atoms with Gasteiger partial charge in [-0.05, 0) is 49.7 Å². The van der Waals surface area contributed by atoms with Gasteiger partial charge in [0, 0.05) is 23.8 Å². The predicted molar refractivity (Wildman–Crippen MR) is 131 cm³/mol. The molecule has 4 rings (SSSR count). The third-order valence-corrected chi connectivity index (χ3v) is 5.17. The molecule has 4 aromatic rings. The number of rotatable bonds is 8. The fourth-order valence-electron chi connectivity index (χ4n) is 3.48. The first kappa shape index (κ1) is 22.1. The number of benzene rings is 3. The molecule has 7 nitrogen and oxygen atoms in total. The van der Waals surface area contributed by atoms with E-state index in [4.69, 9.17) is 19.4 Å². The first-order valence-corrected chi connectivity index (χ1v) is 10.8. The number of carbonyl (C=O) groups excluding carboxylic acids is 1. The first-order valence-electron chi connectivity index (χ1n) is 10.8. The fourth-order valence-corrected chi connectivity index (χ4v) is 3.48. The molecule has 33 heavy (non-hydrogen) atoms. The van der Waals surface area contributed by atoms with E-state index in [-0.39, 0.29) is 6.61 Å². The van der Waals surface area contributed by atoms with Crippen molar-refractivity contribution in [1.82, 2.24) is 9.97 Å². The summed E-state index contributed by atoms with van der Waals surface area (Å²) in [5.41, 5.74) is 3.57. The average Bonchev–Trinajstić information content (AvgIpc) is 2.84. The SMILES string of the molecule is CCOC(=O)COc1cccc2c(N(C)c3ccccc3)nc(Nc3ccccc3C)nc12. The second-order valence-corrected chi connectivity index (χ2v) is 7.45. The minimum atomic E-state index is -0.427. The van der Waals surface area contributed by atoms with Crippen molar-refractivity contribution in [2.24, 2.45) is 0 Å². The molecule has 3 aromatic carbocycles. The summed E-state index contributed by atoms with van der Waals surface area (Å²) in [6.45, 7) is 3.89. The van der Waals surface area contributed by atoms with Crippen molar-refractivity contribution in [2.75, 3.05) is 30.5 Å². The molecule has 168 valence electrons. The highest BCUT2D eigenvalue weighted by Gasteiger charge is 2.17. The quantitative estimate of drug-likeness (QED) is 0.367. The maximum Gasteiger partial charge on any atom is 0.344 e. The number of nitrogens with zero attached hydrogens (tertiary/aromatic N) is 3. The van der Waals surface area contributed by atoms with Crippen LogP contribution in [0.2, 0.25) is 0 Å². The van der Waals surface area contributed by atoms with Crippen LogP contribution in [0.5, 0.6) is 5.75 Å². The molecule has 0 aliphatic heterocycles. The van der Waals surface area contributed by atoms with E-state index >= 15 is 0 Å². The number of esters is 1. The van der Waals surface area contributed by atoms with Crippen LogP contribution in [0.3, 0.4) is 0 Å². The molecule has 0 fully saturated rings. The van der Waals surface area contributed by atoms with Gasteiger partial charge >= 0.3 is 5.97 Å². The Bertz CT molecular complexity index is 1260. The Kier molecular flexibility index (Phi) is 6.69. The molecule has 0 aliphatic carbocycles. The zero-order valence-electron chi connectivity index (χ0n) is 18.9. The normalized spacial score (nSPS) is 10.6. The van der Waals surface area contributed by atoms with Crippen molar-refractivity contribution in [1.29, 1.82) is 0 Å². The van der Waals surface area contributed by atoms with Crippen LogP contribution >= 0.6 is 0 Å². The maximum absolute atomic E-state index is 11.9. The van der Waals surface area contributed by atoms with E-state index in [9.17, 15) is 4.79 Å². The molecule has 1 heterocycles. The van der Waals surface area contributed by atoms with Gasteiger partial charge in [-0.1, -0.05) is 42.5 Å². The van der Waals surface area contributed by atoms with Crippen LogP contribution in [0.4, 0.5) is 23.1 Å². The van der Waals surface area contributed by atoms with Crippen molar-refractivity contribution >= 4 is 40.0 Å². The molecule has 0 unspecified atom stereocenters. The molecule has 0 saturated heterocycles. The standard InChI is InChI=1S/C26H26N4O3/c1-4-32-23(31)17-33-22-16-10-14-20-24(22)28-26(27-21-15-9-8-11-18(21)2)29-25(20)30(3)19-12-6-5-7-13-19/h5-16H,4,17H2,1-3H3,(H,27,28,29). The van der Waals surface area contributed by atoms with Gasteiger partial charge in [-0.2, -0.15) is 4.98 Å². The summed E-state index contributed by atoms with van der Waals surface area (Å²) in [5.74, 6) is 1.20. The molecular weight excluding hydrogens is 416 g/mol. The van der Waals surface area contributed by atoms with E-state index in [1.54, 1.807) is 13.0 Å². The van der Waals surface area contributed by atoms with Crippen LogP contribution in [-0.4, -0.2) is 36.2 Å². The van der Waals surface area contributed by atoms with Crippen molar-refractivity contribution < 1.29 is 14.3 Å². The van der Waals surface area contributed by atoms with Crippen molar-refractivity contribution in [3.63, 3.8) is 0 Å². The Balaban J connectivity index is 1.81. The number of para-hydroxylation sites is 3. The highest BCUT2D eigenvalue weighted by atomic mass is 16.6. The lowest BCUT2D eigenvalue weighted by atomic mass is 10.2. The highest BCUT2D eigenvalue weighted by molar-refractivity contribution is 5.96. The number of hydrogen-bond donors (Lipinski definition) is 1. The number of aromatic nitrogens is 2. The number of nitrogens with one attached hydrogen (secondary N) is 1. The first-order chi connectivity index (χ1) is 16.1. The molecule has 0 atom stereocenters. The number of carbonyl (C=O) groups is 1. The Morgan fingerprint density at radius 1 is 0.970 bits per heavy atom. The molecule has 0 radical (unpaired) electrons. The molecule has 1 aromatic heterocycles. The average molecular weight is 443 g/mol. The number of hydrogen-bond acceptors (Lipinski definition) is 7. The van der Waals surface area contributed by atoms with Crippen LogP contribution in [0.25, 0.3) is 10.9 Å². The van der Waals surface area contributed by atoms with Gasteiger partial charge in [-0.15, -0.1) is 0 Å². The van der Waals surface area contributed by atoms with Crippen LogP contribution in [-0.2, 0) is 9.53 Å². The number of ether oxygens (including phenoxy) is 2. The van der Waals surface area contributed by atoms with Gasteiger partial charge in [0.15, 0.2) is 6.61 Å². The second kappa shape index (κ2) is 9.99. The Morgan fingerprint density at radius 2 is 1.73 bits per heavy atom. The second-order valence-electron chi connectivity index (χ2n) is 7.45. The molecule has 0 spiro atoms. The van der Waals surface area contributed by atoms with Crippen molar-refractivity contribution in [3.8, 4) is 5.75 Å². The predicted octanol–water partition coefficient (Wildman–Crippen LogP) is 5.39. The molecule has 1 N–H and O–H groups in total. The summed E-state index contributed by atoms with van der Waals surface area (Å²) >= 11 is 0. The summed E-state index contributed by atoms with van der Waals surface area (Å²) in [7, 11) is 1.96. The van der Waals surface area contributed by atoms with Crippen LogP contribution in [0.15, 0.2) is 72.8 Å². The monoisotopic (exact) mass is 442 g/mol. The molecular formula is C26H26N4O3. The van der Waals surface area contributed by atoms with E-state index < -0.39 is 5.97 Å². The fraction of sp³-hybridized carbons (Fsp3) is 0.192. The summed E-state index contributed by atoms with van der Waals surface area (Å²) < 4.78 is 10.8.